The van der Waals surface area contributed by atoms with E-state index in [1.165, 1.54) is 31.4 Å². The molecule has 144 valence electrons. The zero-order valence-electron chi connectivity index (χ0n) is 14.8. The maximum absolute atomic E-state index is 12.5. The molecule has 0 saturated heterocycles. The topological polar surface area (TPSA) is 84.5 Å². The Bertz CT molecular complexity index is 1100. The van der Waals surface area contributed by atoms with Crippen molar-refractivity contribution in [3.63, 3.8) is 0 Å². The van der Waals surface area contributed by atoms with Gasteiger partial charge in [0, 0.05) is 11.8 Å². The number of amides is 1. The molecule has 3 rings (SSSR count). The quantitative estimate of drug-likeness (QED) is 0.623. The van der Waals surface area contributed by atoms with Gasteiger partial charge in [-0.05, 0) is 48.5 Å². The predicted octanol–water partition coefficient (Wildman–Crippen LogP) is 4.40. The highest BCUT2D eigenvalue weighted by atomic mass is 35.5. The van der Waals surface area contributed by atoms with Gasteiger partial charge in [-0.25, -0.2) is 8.42 Å². The summed E-state index contributed by atoms with van der Waals surface area (Å²) in [6.07, 6.45) is 0. The Hall–Kier alpha value is -3.03. The monoisotopic (exact) mass is 416 g/mol. The molecule has 1 amide bonds. The number of sulfonamides is 1. The van der Waals surface area contributed by atoms with E-state index in [1.807, 2.05) is 0 Å². The van der Waals surface area contributed by atoms with Gasteiger partial charge in [-0.15, -0.1) is 0 Å². The summed E-state index contributed by atoms with van der Waals surface area (Å²) in [5.74, 6) is 0.161. The fourth-order valence-corrected chi connectivity index (χ4v) is 3.73. The molecule has 2 N–H and O–H groups in total. The number of halogens is 1. The number of methoxy groups -OCH3 is 1. The van der Waals surface area contributed by atoms with Gasteiger partial charge < -0.3 is 10.1 Å². The van der Waals surface area contributed by atoms with Crippen LogP contribution in [-0.2, 0) is 10.0 Å². The second-order valence-corrected chi connectivity index (χ2v) is 7.89. The molecular weight excluding hydrogens is 400 g/mol. The van der Waals surface area contributed by atoms with Gasteiger partial charge in [-0.1, -0.05) is 29.8 Å². The van der Waals surface area contributed by atoms with Crippen molar-refractivity contribution in [1.29, 1.82) is 0 Å². The summed E-state index contributed by atoms with van der Waals surface area (Å²) < 4.78 is 32.7. The number of ether oxygens (including phenoxy) is 1. The average molecular weight is 417 g/mol. The van der Waals surface area contributed by atoms with E-state index in [9.17, 15) is 13.2 Å². The van der Waals surface area contributed by atoms with E-state index < -0.39 is 10.0 Å². The van der Waals surface area contributed by atoms with Gasteiger partial charge in [0.2, 0.25) is 0 Å². The molecule has 0 heterocycles. The summed E-state index contributed by atoms with van der Waals surface area (Å²) in [6.45, 7) is 0. The van der Waals surface area contributed by atoms with Crippen molar-refractivity contribution in [1.82, 2.24) is 0 Å². The van der Waals surface area contributed by atoms with Crippen LogP contribution in [0.2, 0.25) is 5.02 Å². The second kappa shape index (κ2) is 8.33. The third kappa shape index (κ3) is 4.62. The number of nitrogens with one attached hydrogen (secondary N) is 2. The lowest BCUT2D eigenvalue weighted by atomic mass is 10.2. The molecule has 28 heavy (non-hydrogen) atoms. The lowest BCUT2D eigenvalue weighted by Crippen LogP contribution is -2.14. The number of benzene rings is 3. The van der Waals surface area contributed by atoms with Crippen LogP contribution < -0.4 is 14.8 Å². The van der Waals surface area contributed by atoms with Crippen LogP contribution in [-0.4, -0.2) is 21.4 Å². The van der Waals surface area contributed by atoms with E-state index in [4.69, 9.17) is 16.3 Å². The normalized spacial score (nSPS) is 10.9. The molecule has 0 aliphatic heterocycles. The van der Waals surface area contributed by atoms with E-state index in [-0.39, 0.29) is 10.8 Å². The van der Waals surface area contributed by atoms with Gasteiger partial charge in [0.15, 0.2) is 0 Å². The fourth-order valence-electron chi connectivity index (χ4n) is 2.46. The largest absolute Gasteiger partial charge is 0.497 e. The minimum Gasteiger partial charge on any atom is -0.497 e. The van der Waals surface area contributed by atoms with E-state index in [0.29, 0.717) is 27.7 Å². The predicted molar refractivity (Wildman–Crippen MR) is 110 cm³/mol. The standard InChI is InChI=1S/C20H17ClN2O4S/c1-27-16-6-4-5-15(13-16)23-28(25,26)17-11-9-14(10-12-17)22-20(24)18-7-2-3-8-19(18)21/h2-13,23H,1H3,(H,22,24). The Morgan fingerprint density at radius 1 is 0.929 bits per heavy atom. The fraction of sp³-hybridized carbons (Fsp3) is 0.0500. The van der Waals surface area contributed by atoms with Crippen molar-refractivity contribution >= 4 is 38.9 Å². The lowest BCUT2D eigenvalue weighted by Gasteiger charge is -2.10. The molecule has 3 aromatic rings. The van der Waals surface area contributed by atoms with Crippen LogP contribution >= 0.6 is 11.6 Å². The summed E-state index contributed by atoms with van der Waals surface area (Å²) in [4.78, 5) is 12.3. The van der Waals surface area contributed by atoms with Gasteiger partial charge in [-0.3, -0.25) is 9.52 Å². The maximum atomic E-state index is 12.5. The molecule has 0 aliphatic rings. The Morgan fingerprint density at radius 3 is 2.32 bits per heavy atom. The summed E-state index contributed by atoms with van der Waals surface area (Å²) in [6, 6.07) is 19.1. The summed E-state index contributed by atoms with van der Waals surface area (Å²) >= 11 is 6.01. The summed E-state index contributed by atoms with van der Waals surface area (Å²) in [5, 5.41) is 3.02. The zero-order chi connectivity index (χ0) is 20.1. The van der Waals surface area contributed by atoms with Crippen molar-refractivity contribution < 1.29 is 17.9 Å². The van der Waals surface area contributed by atoms with Crippen LogP contribution in [0.3, 0.4) is 0 Å². The minimum atomic E-state index is -3.78. The summed E-state index contributed by atoms with van der Waals surface area (Å²) in [5.41, 5.74) is 1.17. The number of carbonyl (C=O) groups excluding carboxylic acids is 1. The van der Waals surface area contributed by atoms with Crippen molar-refractivity contribution in [3.8, 4) is 5.75 Å². The van der Waals surface area contributed by atoms with Crippen molar-refractivity contribution in [2.45, 2.75) is 4.90 Å². The zero-order valence-corrected chi connectivity index (χ0v) is 16.4. The van der Waals surface area contributed by atoms with Crippen LogP contribution in [0, 0.1) is 0 Å². The van der Waals surface area contributed by atoms with Crippen LogP contribution in [0.4, 0.5) is 11.4 Å². The van der Waals surface area contributed by atoms with E-state index >= 15 is 0 Å². The Morgan fingerprint density at radius 2 is 1.64 bits per heavy atom. The first-order chi connectivity index (χ1) is 13.4. The molecule has 3 aromatic carbocycles. The molecule has 0 fully saturated rings. The Balaban J connectivity index is 1.74. The van der Waals surface area contributed by atoms with Gasteiger partial charge in [0.1, 0.15) is 5.75 Å². The van der Waals surface area contributed by atoms with Crippen molar-refractivity contribution in [2.24, 2.45) is 0 Å². The highest BCUT2D eigenvalue weighted by Gasteiger charge is 2.15. The third-order valence-electron chi connectivity index (χ3n) is 3.86. The van der Waals surface area contributed by atoms with Crippen LogP contribution in [0.25, 0.3) is 0 Å². The number of carbonyl (C=O) groups is 1. The minimum absolute atomic E-state index is 0.0612. The van der Waals surface area contributed by atoms with E-state index in [1.54, 1.807) is 48.5 Å². The Kier molecular flexibility index (Phi) is 5.87. The first kappa shape index (κ1) is 19.7. The molecule has 0 atom stereocenters. The van der Waals surface area contributed by atoms with Crippen LogP contribution in [0.5, 0.6) is 5.75 Å². The molecule has 0 spiro atoms. The maximum Gasteiger partial charge on any atom is 0.261 e. The molecule has 0 radical (unpaired) electrons. The average Bonchev–Trinajstić information content (AvgIpc) is 2.68. The molecular formula is C20H17ClN2O4S. The molecule has 0 unspecified atom stereocenters. The van der Waals surface area contributed by atoms with E-state index in [2.05, 4.69) is 10.0 Å². The van der Waals surface area contributed by atoms with Crippen LogP contribution in [0.15, 0.2) is 77.7 Å². The molecule has 0 aromatic heterocycles. The molecule has 8 heteroatoms. The molecule has 0 aliphatic carbocycles. The molecule has 0 saturated carbocycles. The van der Waals surface area contributed by atoms with E-state index in [0.717, 1.165) is 0 Å². The highest BCUT2D eigenvalue weighted by Crippen LogP contribution is 2.22. The number of rotatable bonds is 6. The Labute approximate surface area is 168 Å². The van der Waals surface area contributed by atoms with Crippen molar-refractivity contribution in [3.05, 3.63) is 83.4 Å². The van der Waals surface area contributed by atoms with Gasteiger partial charge >= 0.3 is 0 Å². The van der Waals surface area contributed by atoms with Crippen molar-refractivity contribution in [2.75, 3.05) is 17.1 Å². The first-order valence-corrected chi connectivity index (χ1v) is 10.1. The first-order valence-electron chi connectivity index (χ1n) is 8.22. The summed E-state index contributed by atoms with van der Waals surface area (Å²) in [7, 11) is -2.28. The lowest BCUT2D eigenvalue weighted by molar-refractivity contribution is 0.102. The van der Waals surface area contributed by atoms with Gasteiger partial charge in [0.05, 0.1) is 28.3 Å². The number of anilines is 2. The van der Waals surface area contributed by atoms with Gasteiger partial charge in [0.25, 0.3) is 15.9 Å². The molecule has 0 bridgehead atoms. The SMILES string of the molecule is COc1cccc(NS(=O)(=O)c2ccc(NC(=O)c3ccccc3Cl)cc2)c1. The second-order valence-electron chi connectivity index (χ2n) is 5.80. The number of hydrogen-bond acceptors (Lipinski definition) is 4. The van der Waals surface area contributed by atoms with Crippen LogP contribution in [0.1, 0.15) is 10.4 Å². The highest BCUT2D eigenvalue weighted by molar-refractivity contribution is 7.92. The number of hydrogen-bond donors (Lipinski definition) is 2. The molecule has 6 nitrogen and oxygen atoms in total. The smallest absolute Gasteiger partial charge is 0.261 e. The van der Waals surface area contributed by atoms with Gasteiger partial charge in [-0.2, -0.15) is 0 Å². The third-order valence-corrected chi connectivity index (χ3v) is 5.59.